The van der Waals surface area contributed by atoms with E-state index in [-0.39, 0.29) is 35.2 Å². The molecule has 1 amide bonds. The zero-order valence-corrected chi connectivity index (χ0v) is 17.7. The van der Waals surface area contributed by atoms with Gasteiger partial charge in [-0.05, 0) is 38.0 Å². The average molecular weight is 437 g/mol. The number of rotatable bonds is 6. The molecule has 1 fully saturated rings. The molecule has 1 atom stereocenters. The molecular weight excluding hydrogens is 418 g/mol. The first-order valence-electron chi connectivity index (χ1n) is 9.47. The number of benzene rings is 2. The molecule has 0 saturated carbocycles. The molecule has 0 aliphatic carbocycles. The molecule has 9 heteroatoms. The lowest BCUT2D eigenvalue weighted by atomic mass is 10.1. The highest BCUT2D eigenvalue weighted by molar-refractivity contribution is 8.05. The number of amides is 1. The van der Waals surface area contributed by atoms with Crippen LogP contribution in [0.5, 0.6) is 0 Å². The van der Waals surface area contributed by atoms with Gasteiger partial charge in [-0.2, -0.15) is 5.26 Å². The summed E-state index contributed by atoms with van der Waals surface area (Å²) in [5.74, 6) is -1.11. The van der Waals surface area contributed by atoms with Gasteiger partial charge in [-0.1, -0.05) is 41.6 Å². The number of nitro benzene ring substituents is 1. The molecule has 1 unspecified atom stereocenters. The average Bonchev–Trinajstić information content (AvgIpc) is 3.05. The summed E-state index contributed by atoms with van der Waals surface area (Å²) >= 11 is 1.08. The van der Waals surface area contributed by atoms with Crippen molar-refractivity contribution in [1.82, 2.24) is 0 Å². The molecule has 1 heterocycles. The van der Waals surface area contributed by atoms with Crippen LogP contribution >= 0.6 is 11.8 Å². The fourth-order valence-corrected chi connectivity index (χ4v) is 4.41. The van der Waals surface area contributed by atoms with E-state index >= 15 is 0 Å². The lowest BCUT2D eigenvalue weighted by Crippen LogP contribution is -2.30. The maximum Gasteiger partial charge on any atom is 0.351 e. The Hall–Kier alpha value is -3.64. The minimum Gasteiger partial charge on any atom is -0.462 e. The third-order valence-electron chi connectivity index (χ3n) is 4.59. The maximum absolute atomic E-state index is 13.3. The largest absolute Gasteiger partial charge is 0.462 e. The van der Waals surface area contributed by atoms with E-state index < -0.39 is 16.1 Å². The van der Waals surface area contributed by atoms with Crippen LogP contribution in [0.4, 0.5) is 11.4 Å². The number of nitriles is 1. The Morgan fingerprint density at radius 1 is 1.29 bits per heavy atom. The van der Waals surface area contributed by atoms with Gasteiger partial charge in [0.2, 0.25) is 5.91 Å². The van der Waals surface area contributed by atoms with Crippen molar-refractivity contribution in [3.63, 3.8) is 0 Å². The number of anilines is 1. The highest BCUT2D eigenvalue weighted by Crippen LogP contribution is 2.42. The molecule has 2 aromatic rings. The van der Waals surface area contributed by atoms with Crippen molar-refractivity contribution in [3.05, 3.63) is 80.4 Å². The van der Waals surface area contributed by atoms with Gasteiger partial charge in [0.1, 0.15) is 11.1 Å². The van der Waals surface area contributed by atoms with Crippen LogP contribution in [-0.4, -0.2) is 28.7 Å². The molecule has 0 spiro atoms. The van der Waals surface area contributed by atoms with Gasteiger partial charge >= 0.3 is 5.97 Å². The first-order chi connectivity index (χ1) is 14.8. The SMILES string of the molecule is CCOC(=O)C(C#N)=C1SC(Cc2cccc([N+](=O)[O-])c2)C(=O)N1c1ccc(C)cc1. The number of ether oxygens (including phenoxy) is 1. The summed E-state index contributed by atoms with van der Waals surface area (Å²) in [5, 5.41) is 20.2. The Kier molecular flexibility index (Phi) is 6.72. The van der Waals surface area contributed by atoms with Gasteiger partial charge in [-0.15, -0.1) is 0 Å². The molecular formula is C22H19N3O5S. The van der Waals surface area contributed by atoms with Crippen LogP contribution in [0, 0.1) is 28.4 Å². The second kappa shape index (κ2) is 9.45. The number of hydrogen-bond donors (Lipinski definition) is 0. The van der Waals surface area contributed by atoms with Gasteiger partial charge in [0.25, 0.3) is 5.69 Å². The van der Waals surface area contributed by atoms with E-state index in [2.05, 4.69) is 0 Å². The number of thioether (sulfide) groups is 1. The van der Waals surface area contributed by atoms with Crippen molar-refractivity contribution in [2.75, 3.05) is 11.5 Å². The van der Waals surface area contributed by atoms with E-state index in [9.17, 15) is 25.0 Å². The molecule has 2 aromatic carbocycles. The number of nitrogens with zero attached hydrogens (tertiary/aromatic N) is 3. The summed E-state index contributed by atoms with van der Waals surface area (Å²) in [4.78, 5) is 37.6. The second-order valence-corrected chi connectivity index (χ2v) is 7.95. The zero-order chi connectivity index (χ0) is 22.5. The van der Waals surface area contributed by atoms with E-state index in [0.29, 0.717) is 11.3 Å². The number of carbonyl (C=O) groups excluding carboxylic acids is 2. The van der Waals surface area contributed by atoms with Crippen LogP contribution in [0.3, 0.4) is 0 Å². The third kappa shape index (κ3) is 4.75. The molecule has 8 nitrogen and oxygen atoms in total. The van der Waals surface area contributed by atoms with Gasteiger partial charge in [-0.25, -0.2) is 4.79 Å². The van der Waals surface area contributed by atoms with Crippen molar-refractivity contribution in [1.29, 1.82) is 5.26 Å². The monoisotopic (exact) mass is 437 g/mol. The quantitative estimate of drug-likeness (QED) is 0.221. The summed E-state index contributed by atoms with van der Waals surface area (Å²) in [7, 11) is 0. The van der Waals surface area contributed by atoms with E-state index in [1.807, 2.05) is 25.1 Å². The van der Waals surface area contributed by atoms with Crippen molar-refractivity contribution >= 4 is 35.0 Å². The molecule has 1 aliphatic rings. The zero-order valence-electron chi connectivity index (χ0n) is 16.9. The number of nitro groups is 1. The maximum atomic E-state index is 13.3. The smallest absolute Gasteiger partial charge is 0.351 e. The summed E-state index contributed by atoms with van der Waals surface area (Å²) in [6.45, 7) is 3.64. The molecule has 1 saturated heterocycles. The van der Waals surface area contributed by atoms with E-state index in [4.69, 9.17) is 4.74 Å². The lowest BCUT2D eigenvalue weighted by Gasteiger charge is -2.18. The van der Waals surface area contributed by atoms with Crippen molar-refractivity contribution < 1.29 is 19.2 Å². The Morgan fingerprint density at radius 3 is 2.61 bits per heavy atom. The molecule has 0 bridgehead atoms. The first-order valence-corrected chi connectivity index (χ1v) is 10.4. The Balaban J connectivity index is 2.03. The van der Waals surface area contributed by atoms with Gasteiger partial charge in [0, 0.05) is 17.8 Å². The number of hydrogen-bond acceptors (Lipinski definition) is 7. The van der Waals surface area contributed by atoms with Crippen molar-refractivity contribution in [2.24, 2.45) is 0 Å². The molecule has 1 aliphatic heterocycles. The predicted molar refractivity (Wildman–Crippen MR) is 116 cm³/mol. The standard InChI is InChI=1S/C22H19N3O5S/c1-3-30-22(27)18(13-23)21-24(16-9-7-14(2)8-10-16)20(26)19(31-21)12-15-5-4-6-17(11-15)25(28)29/h4-11,19H,3,12H2,1-2H3. The van der Waals surface area contributed by atoms with Crippen LogP contribution in [0.25, 0.3) is 0 Å². The summed E-state index contributed by atoms with van der Waals surface area (Å²) in [6, 6.07) is 15.1. The van der Waals surface area contributed by atoms with Gasteiger partial charge in [-0.3, -0.25) is 19.8 Å². The lowest BCUT2D eigenvalue weighted by molar-refractivity contribution is -0.384. The van der Waals surface area contributed by atoms with E-state index in [0.717, 1.165) is 17.3 Å². The molecule has 158 valence electrons. The highest BCUT2D eigenvalue weighted by Gasteiger charge is 2.41. The minimum absolute atomic E-state index is 0.0664. The summed E-state index contributed by atoms with van der Waals surface area (Å²) in [5.41, 5.74) is 1.81. The van der Waals surface area contributed by atoms with Gasteiger partial charge in [0.15, 0.2) is 5.57 Å². The Morgan fingerprint density at radius 2 is 2.00 bits per heavy atom. The Labute approximate surface area is 183 Å². The number of non-ortho nitro benzene ring substituents is 1. The van der Waals surface area contributed by atoms with Crippen LogP contribution in [0.15, 0.2) is 59.1 Å². The fourth-order valence-electron chi connectivity index (χ4n) is 3.12. The van der Waals surface area contributed by atoms with Crippen LogP contribution in [0.1, 0.15) is 18.1 Å². The predicted octanol–water partition coefficient (Wildman–Crippen LogP) is 3.89. The summed E-state index contributed by atoms with van der Waals surface area (Å²) in [6.07, 6.45) is 0.207. The molecule has 0 radical (unpaired) electrons. The fraction of sp³-hybridized carbons (Fsp3) is 0.227. The Bertz CT molecular complexity index is 1100. The van der Waals surface area contributed by atoms with Crippen LogP contribution < -0.4 is 4.90 Å². The minimum atomic E-state index is -0.798. The summed E-state index contributed by atoms with van der Waals surface area (Å²) < 4.78 is 5.00. The first kappa shape index (κ1) is 22.1. The van der Waals surface area contributed by atoms with Gasteiger partial charge < -0.3 is 4.74 Å². The van der Waals surface area contributed by atoms with Crippen molar-refractivity contribution in [3.8, 4) is 6.07 Å². The highest BCUT2D eigenvalue weighted by atomic mass is 32.2. The van der Waals surface area contributed by atoms with E-state index in [1.54, 1.807) is 31.2 Å². The number of esters is 1. The normalized spacial score (nSPS) is 17.3. The molecule has 0 N–H and O–H groups in total. The third-order valence-corrected chi connectivity index (χ3v) is 5.86. The van der Waals surface area contributed by atoms with Crippen molar-refractivity contribution in [2.45, 2.75) is 25.5 Å². The van der Waals surface area contributed by atoms with E-state index in [1.165, 1.54) is 17.0 Å². The van der Waals surface area contributed by atoms with Crippen LogP contribution in [0.2, 0.25) is 0 Å². The van der Waals surface area contributed by atoms with Crippen LogP contribution in [-0.2, 0) is 20.7 Å². The van der Waals surface area contributed by atoms with Gasteiger partial charge in [0.05, 0.1) is 16.8 Å². The number of carbonyl (C=O) groups is 2. The number of aryl methyl sites for hydroxylation is 1. The second-order valence-electron chi connectivity index (χ2n) is 6.76. The molecule has 0 aromatic heterocycles. The topological polar surface area (TPSA) is 114 Å². The molecule has 31 heavy (non-hydrogen) atoms. The molecule has 3 rings (SSSR count).